The highest BCUT2D eigenvalue weighted by Gasteiger charge is 2.38. The van der Waals surface area contributed by atoms with Crippen LogP contribution in [0.25, 0.3) is 0 Å². The Labute approximate surface area is 111 Å². The van der Waals surface area contributed by atoms with E-state index < -0.39 is 6.04 Å². The first-order chi connectivity index (χ1) is 7.96. The van der Waals surface area contributed by atoms with E-state index in [9.17, 15) is 4.39 Å². The van der Waals surface area contributed by atoms with E-state index in [0.717, 1.165) is 25.7 Å². The highest BCUT2D eigenvalue weighted by molar-refractivity contribution is 6.42. The lowest BCUT2D eigenvalue weighted by atomic mass is 9.77. The molecule has 0 amide bonds. The first kappa shape index (κ1) is 13.1. The SMILES string of the molecule is CC1([C@H](N)c2c(F)ccc(Cl)c2Cl)CCCC1. The zero-order valence-electron chi connectivity index (χ0n) is 9.77. The van der Waals surface area contributed by atoms with Crippen LogP contribution in [0.4, 0.5) is 4.39 Å². The standard InChI is InChI=1S/C13H16Cl2FN/c1-13(6-2-3-7-13)12(17)10-9(16)5-4-8(14)11(10)15/h4-5,12H,2-3,6-7,17H2,1H3/t12-/m1/s1. The molecule has 17 heavy (non-hydrogen) atoms. The summed E-state index contributed by atoms with van der Waals surface area (Å²) < 4.78 is 13.9. The predicted octanol–water partition coefficient (Wildman–Crippen LogP) is 4.71. The van der Waals surface area contributed by atoms with Gasteiger partial charge >= 0.3 is 0 Å². The highest BCUT2D eigenvalue weighted by Crippen LogP contribution is 2.48. The molecule has 0 aliphatic heterocycles. The first-order valence-electron chi connectivity index (χ1n) is 5.85. The van der Waals surface area contributed by atoms with E-state index in [2.05, 4.69) is 6.92 Å². The molecule has 0 heterocycles. The number of hydrogen-bond donors (Lipinski definition) is 1. The molecule has 0 aromatic heterocycles. The Bertz CT molecular complexity index is 428. The van der Waals surface area contributed by atoms with Crippen LogP contribution in [-0.4, -0.2) is 0 Å². The van der Waals surface area contributed by atoms with Gasteiger partial charge < -0.3 is 5.73 Å². The average Bonchev–Trinajstić information content (AvgIpc) is 2.72. The van der Waals surface area contributed by atoms with Gasteiger partial charge in [0.25, 0.3) is 0 Å². The summed E-state index contributed by atoms with van der Waals surface area (Å²) in [6.07, 6.45) is 4.31. The molecule has 0 unspecified atom stereocenters. The molecule has 1 aromatic rings. The van der Waals surface area contributed by atoms with Crippen LogP contribution in [0.3, 0.4) is 0 Å². The zero-order valence-corrected chi connectivity index (χ0v) is 11.3. The van der Waals surface area contributed by atoms with Crippen molar-refractivity contribution >= 4 is 23.2 Å². The summed E-state index contributed by atoms with van der Waals surface area (Å²) in [6, 6.07) is 2.41. The maximum Gasteiger partial charge on any atom is 0.129 e. The average molecular weight is 276 g/mol. The summed E-state index contributed by atoms with van der Waals surface area (Å²) in [5.41, 5.74) is 6.51. The van der Waals surface area contributed by atoms with Crippen molar-refractivity contribution < 1.29 is 4.39 Å². The molecule has 0 radical (unpaired) electrons. The Balaban J connectivity index is 2.43. The second-order valence-corrected chi connectivity index (χ2v) is 5.88. The fourth-order valence-electron chi connectivity index (χ4n) is 2.67. The van der Waals surface area contributed by atoms with Crippen molar-refractivity contribution in [2.75, 3.05) is 0 Å². The second-order valence-electron chi connectivity index (χ2n) is 5.10. The fourth-order valence-corrected chi connectivity index (χ4v) is 3.11. The molecule has 1 aliphatic rings. The molecule has 0 bridgehead atoms. The molecular weight excluding hydrogens is 260 g/mol. The van der Waals surface area contributed by atoms with E-state index in [1.54, 1.807) is 0 Å². The topological polar surface area (TPSA) is 26.0 Å². The smallest absolute Gasteiger partial charge is 0.129 e. The predicted molar refractivity (Wildman–Crippen MR) is 69.9 cm³/mol. The Morgan fingerprint density at radius 2 is 1.88 bits per heavy atom. The van der Waals surface area contributed by atoms with Crippen molar-refractivity contribution in [2.24, 2.45) is 11.1 Å². The van der Waals surface area contributed by atoms with Crippen LogP contribution < -0.4 is 5.73 Å². The van der Waals surface area contributed by atoms with Gasteiger partial charge in [-0.3, -0.25) is 0 Å². The molecule has 1 nitrogen and oxygen atoms in total. The molecule has 0 saturated heterocycles. The summed E-state index contributed by atoms with van der Waals surface area (Å²) in [6.45, 7) is 2.10. The number of nitrogens with two attached hydrogens (primary N) is 1. The van der Waals surface area contributed by atoms with Crippen LogP contribution in [0.5, 0.6) is 0 Å². The van der Waals surface area contributed by atoms with E-state index in [1.165, 1.54) is 12.1 Å². The molecule has 1 fully saturated rings. The van der Waals surface area contributed by atoms with Crippen molar-refractivity contribution in [3.63, 3.8) is 0 Å². The van der Waals surface area contributed by atoms with Crippen LogP contribution >= 0.6 is 23.2 Å². The van der Waals surface area contributed by atoms with Crippen molar-refractivity contribution in [3.05, 3.63) is 33.6 Å². The Morgan fingerprint density at radius 1 is 1.29 bits per heavy atom. The summed E-state index contributed by atoms with van der Waals surface area (Å²) in [4.78, 5) is 0. The van der Waals surface area contributed by atoms with Gasteiger partial charge in [-0.15, -0.1) is 0 Å². The van der Waals surface area contributed by atoms with Crippen molar-refractivity contribution in [1.82, 2.24) is 0 Å². The van der Waals surface area contributed by atoms with Crippen molar-refractivity contribution in [2.45, 2.75) is 38.6 Å². The zero-order chi connectivity index (χ0) is 12.6. The Morgan fingerprint density at radius 3 is 2.47 bits per heavy atom. The lowest BCUT2D eigenvalue weighted by Crippen LogP contribution is -2.30. The van der Waals surface area contributed by atoms with Crippen LogP contribution in [0, 0.1) is 11.2 Å². The minimum absolute atomic E-state index is 0.0742. The van der Waals surface area contributed by atoms with Gasteiger partial charge in [0.15, 0.2) is 0 Å². The van der Waals surface area contributed by atoms with Gasteiger partial charge in [-0.2, -0.15) is 0 Å². The molecule has 2 rings (SSSR count). The van der Waals surface area contributed by atoms with Gasteiger partial charge in [0.1, 0.15) is 5.82 Å². The highest BCUT2D eigenvalue weighted by atomic mass is 35.5. The van der Waals surface area contributed by atoms with Gasteiger partial charge in [0.2, 0.25) is 0 Å². The summed E-state index contributed by atoms with van der Waals surface area (Å²) >= 11 is 12.0. The quantitative estimate of drug-likeness (QED) is 0.777. The lowest BCUT2D eigenvalue weighted by Gasteiger charge is -2.32. The Hall–Kier alpha value is -0.310. The van der Waals surface area contributed by atoms with Crippen molar-refractivity contribution in [1.29, 1.82) is 0 Å². The molecule has 94 valence electrons. The third-order valence-corrected chi connectivity index (χ3v) is 4.71. The largest absolute Gasteiger partial charge is 0.323 e. The third kappa shape index (κ3) is 2.31. The van der Waals surface area contributed by atoms with Gasteiger partial charge in [-0.05, 0) is 30.4 Å². The second kappa shape index (κ2) is 4.75. The van der Waals surface area contributed by atoms with E-state index >= 15 is 0 Å². The minimum Gasteiger partial charge on any atom is -0.323 e. The normalized spacial score (nSPS) is 20.5. The molecule has 1 saturated carbocycles. The maximum absolute atomic E-state index is 13.9. The summed E-state index contributed by atoms with van der Waals surface area (Å²) in [5.74, 6) is -0.361. The van der Waals surface area contributed by atoms with Gasteiger partial charge in [0, 0.05) is 11.6 Å². The van der Waals surface area contributed by atoms with Gasteiger partial charge in [0.05, 0.1) is 10.0 Å². The molecule has 1 aromatic carbocycles. The molecular formula is C13H16Cl2FN. The number of benzene rings is 1. The molecule has 2 N–H and O–H groups in total. The molecule has 4 heteroatoms. The summed E-state index contributed by atoms with van der Waals surface area (Å²) in [7, 11) is 0. The van der Waals surface area contributed by atoms with E-state index in [0.29, 0.717) is 10.6 Å². The monoisotopic (exact) mass is 275 g/mol. The van der Waals surface area contributed by atoms with E-state index in [4.69, 9.17) is 28.9 Å². The maximum atomic E-state index is 13.9. The molecule has 0 spiro atoms. The fraction of sp³-hybridized carbons (Fsp3) is 0.538. The third-order valence-electron chi connectivity index (χ3n) is 3.89. The van der Waals surface area contributed by atoms with Crippen LogP contribution in [0.15, 0.2) is 12.1 Å². The van der Waals surface area contributed by atoms with Crippen LogP contribution in [0.2, 0.25) is 10.0 Å². The van der Waals surface area contributed by atoms with E-state index in [1.807, 2.05) is 0 Å². The number of hydrogen-bond acceptors (Lipinski definition) is 1. The molecule has 1 atom stereocenters. The van der Waals surface area contributed by atoms with Crippen molar-refractivity contribution in [3.8, 4) is 0 Å². The Kier molecular flexibility index (Phi) is 3.67. The lowest BCUT2D eigenvalue weighted by molar-refractivity contribution is 0.260. The first-order valence-corrected chi connectivity index (χ1v) is 6.60. The summed E-state index contributed by atoms with van der Waals surface area (Å²) in [5, 5.41) is 0.618. The number of rotatable bonds is 2. The van der Waals surface area contributed by atoms with E-state index in [-0.39, 0.29) is 16.3 Å². The molecule has 1 aliphatic carbocycles. The van der Waals surface area contributed by atoms with Crippen LogP contribution in [0.1, 0.15) is 44.2 Å². The van der Waals surface area contributed by atoms with Crippen LogP contribution in [-0.2, 0) is 0 Å². The minimum atomic E-state index is -0.392. The van der Waals surface area contributed by atoms with Gasteiger partial charge in [-0.25, -0.2) is 4.39 Å². The number of halogens is 3. The van der Waals surface area contributed by atoms with Gasteiger partial charge in [-0.1, -0.05) is 43.0 Å².